The lowest BCUT2D eigenvalue weighted by molar-refractivity contribution is -0.133. The van der Waals surface area contributed by atoms with Gasteiger partial charge in [-0.3, -0.25) is 9.59 Å². The van der Waals surface area contributed by atoms with E-state index in [0.29, 0.717) is 18.0 Å². The van der Waals surface area contributed by atoms with E-state index in [1.54, 1.807) is 18.4 Å². The summed E-state index contributed by atoms with van der Waals surface area (Å²) in [5.41, 5.74) is 1.26. The van der Waals surface area contributed by atoms with Gasteiger partial charge in [-0.1, -0.05) is 6.07 Å². The number of amides is 2. The number of carbonyl (C=O) groups excluding carboxylic acids is 3. The van der Waals surface area contributed by atoms with Crippen LogP contribution in [0.15, 0.2) is 46.5 Å². The summed E-state index contributed by atoms with van der Waals surface area (Å²) in [6.45, 7) is -0.0172. The van der Waals surface area contributed by atoms with E-state index in [-0.39, 0.29) is 29.5 Å². The predicted octanol–water partition coefficient (Wildman–Crippen LogP) is 3.82. The van der Waals surface area contributed by atoms with Gasteiger partial charge in [0.1, 0.15) is 0 Å². The molecular formula is C23H24N2O6S2. The molecule has 33 heavy (non-hydrogen) atoms. The van der Waals surface area contributed by atoms with E-state index in [4.69, 9.17) is 14.2 Å². The quantitative estimate of drug-likeness (QED) is 0.436. The molecule has 3 rings (SSSR count). The molecule has 2 aromatic heterocycles. The summed E-state index contributed by atoms with van der Waals surface area (Å²) in [5.74, 6) is -0.781. The van der Waals surface area contributed by atoms with Crippen molar-refractivity contribution in [2.45, 2.75) is 13.0 Å². The lowest BCUT2D eigenvalue weighted by atomic mass is 10.1. The van der Waals surface area contributed by atoms with E-state index in [1.165, 1.54) is 42.6 Å². The number of hydrogen-bond donors (Lipinski definition) is 1. The highest BCUT2D eigenvalue weighted by Crippen LogP contribution is 2.34. The molecule has 0 spiro atoms. The highest BCUT2D eigenvalue weighted by Gasteiger charge is 2.21. The number of nitrogens with zero attached hydrogens (tertiary/aromatic N) is 1. The van der Waals surface area contributed by atoms with Crippen LogP contribution in [0, 0.1) is 0 Å². The van der Waals surface area contributed by atoms with Crippen LogP contribution in [0.5, 0.6) is 11.5 Å². The summed E-state index contributed by atoms with van der Waals surface area (Å²) < 4.78 is 15.8. The number of benzene rings is 1. The second kappa shape index (κ2) is 11.5. The highest BCUT2D eigenvalue weighted by atomic mass is 32.1. The third-order valence-corrected chi connectivity index (χ3v) is 6.29. The molecule has 2 heterocycles. The standard InChI is InChI=1S/C23H24N2O6S2/c1-25(12-15-6-8-32-14-15)22(27)13-31-23(28)17-10-19(29-2)20(30-3)11-18(17)24-21(26)9-16-5-4-7-33-16/h4-8,10-11,14H,9,12-13H2,1-3H3,(H,24,26). The number of thiophene rings is 2. The van der Waals surface area contributed by atoms with Gasteiger partial charge in [0.15, 0.2) is 18.1 Å². The Morgan fingerprint density at radius 1 is 1.06 bits per heavy atom. The molecule has 2 amide bonds. The first-order valence-electron chi connectivity index (χ1n) is 9.91. The number of nitrogens with one attached hydrogen (secondary N) is 1. The monoisotopic (exact) mass is 488 g/mol. The first-order valence-corrected chi connectivity index (χ1v) is 11.7. The van der Waals surface area contributed by atoms with Crippen LogP contribution in [0.4, 0.5) is 5.69 Å². The van der Waals surface area contributed by atoms with Crippen molar-refractivity contribution in [3.63, 3.8) is 0 Å². The molecule has 0 aliphatic rings. The van der Waals surface area contributed by atoms with Crippen LogP contribution in [0.2, 0.25) is 0 Å². The summed E-state index contributed by atoms with van der Waals surface area (Å²) >= 11 is 3.01. The van der Waals surface area contributed by atoms with Crippen molar-refractivity contribution in [1.29, 1.82) is 0 Å². The van der Waals surface area contributed by atoms with E-state index in [9.17, 15) is 14.4 Å². The average Bonchev–Trinajstić information content (AvgIpc) is 3.51. The Morgan fingerprint density at radius 2 is 1.82 bits per heavy atom. The van der Waals surface area contributed by atoms with Crippen molar-refractivity contribution < 1.29 is 28.6 Å². The van der Waals surface area contributed by atoms with Gasteiger partial charge in [-0.25, -0.2) is 4.79 Å². The van der Waals surface area contributed by atoms with Gasteiger partial charge >= 0.3 is 5.97 Å². The molecule has 0 aliphatic heterocycles. The number of carbonyl (C=O) groups is 3. The van der Waals surface area contributed by atoms with Gasteiger partial charge in [0.05, 0.1) is 31.9 Å². The van der Waals surface area contributed by atoms with Crippen LogP contribution in [0.25, 0.3) is 0 Å². The first kappa shape index (κ1) is 24.3. The first-order chi connectivity index (χ1) is 15.9. The SMILES string of the molecule is COc1cc(NC(=O)Cc2cccs2)c(C(=O)OCC(=O)N(C)Cc2ccsc2)cc1OC. The smallest absolute Gasteiger partial charge is 0.340 e. The molecule has 174 valence electrons. The van der Waals surface area contributed by atoms with Gasteiger partial charge in [-0.05, 0) is 33.8 Å². The summed E-state index contributed by atoms with van der Waals surface area (Å²) in [6, 6.07) is 8.55. The molecule has 0 fully saturated rings. The zero-order valence-corrected chi connectivity index (χ0v) is 20.1. The van der Waals surface area contributed by atoms with E-state index in [1.807, 2.05) is 34.3 Å². The van der Waals surface area contributed by atoms with Crippen LogP contribution in [-0.2, 0) is 27.3 Å². The average molecular weight is 489 g/mol. The molecule has 0 radical (unpaired) electrons. The number of esters is 1. The van der Waals surface area contributed by atoms with E-state index in [0.717, 1.165) is 10.4 Å². The second-order valence-electron chi connectivity index (χ2n) is 7.01. The van der Waals surface area contributed by atoms with Crippen molar-refractivity contribution >= 4 is 46.1 Å². The Hall–Kier alpha value is -3.37. The lowest BCUT2D eigenvalue weighted by Gasteiger charge is -2.18. The number of hydrogen-bond acceptors (Lipinski definition) is 8. The maximum atomic E-state index is 12.8. The minimum absolute atomic E-state index is 0.0560. The number of anilines is 1. The van der Waals surface area contributed by atoms with Crippen molar-refractivity contribution in [3.05, 3.63) is 62.5 Å². The van der Waals surface area contributed by atoms with Gasteiger partial charge in [0.2, 0.25) is 5.91 Å². The van der Waals surface area contributed by atoms with Crippen molar-refractivity contribution in [3.8, 4) is 11.5 Å². The van der Waals surface area contributed by atoms with E-state index in [2.05, 4.69) is 5.32 Å². The Labute approximate surface area is 199 Å². The minimum Gasteiger partial charge on any atom is -0.493 e. The minimum atomic E-state index is -0.764. The van der Waals surface area contributed by atoms with Crippen LogP contribution in [-0.4, -0.2) is 50.6 Å². The Kier molecular flexibility index (Phi) is 8.45. The van der Waals surface area contributed by atoms with Gasteiger partial charge < -0.3 is 24.4 Å². The summed E-state index contributed by atoms with van der Waals surface area (Å²) in [4.78, 5) is 40.1. The molecule has 0 aliphatic carbocycles. The maximum Gasteiger partial charge on any atom is 0.340 e. The summed E-state index contributed by atoms with van der Waals surface area (Å²) in [6.07, 6.45) is 0.159. The Bertz CT molecular complexity index is 1100. The molecule has 1 aromatic carbocycles. The zero-order valence-electron chi connectivity index (χ0n) is 18.5. The second-order valence-corrected chi connectivity index (χ2v) is 8.83. The molecule has 0 bridgehead atoms. The fourth-order valence-electron chi connectivity index (χ4n) is 2.98. The lowest BCUT2D eigenvalue weighted by Crippen LogP contribution is -2.30. The molecule has 0 atom stereocenters. The number of ether oxygens (including phenoxy) is 3. The molecule has 3 aromatic rings. The maximum absolute atomic E-state index is 12.8. The fraction of sp³-hybridized carbons (Fsp3) is 0.261. The topological polar surface area (TPSA) is 94.2 Å². The van der Waals surface area contributed by atoms with Crippen LogP contribution in [0.3, 0.4) is 0 Å². The van der Waals surface area contributed by atoms with Crippen LogP contribution < -0.4 is 14.8 Å². The van der Waals surface area contributed by atoms with Gasteiger partial charge in [0, 0.05) is 30.6 Å². The number of methoxy groups -OCH3 is 2. The van der Waals surface area contributed by atoms with Crippen LogP contribution in [0.1, 0.15) is 20.8 Å². The Balaban J connectivity index is 1.72. The zero-order chi connectivity index (χ0) is 23.8. The summed E-state index contributed by atoms with van der Waals surface area (Å²) in [7, 11) is 4.53. The molecule has 8 nitrogen and oxygen atoms in total. The van der Waals surface area contributed by atoms with Gasteiger partial charge in [-0.2, -0.15) is 11.3 Å². The van der Waals surface area contributed by atoms with Crippen LogP contribution >= 0.6 is 22.7 Å². The largest absolute Gasteiger partial charge is 0.493 e. The molecule has 0 unspecified atom stereocenters. The van der Waals surface area contributed by atoms with Crippen molar-refractivity contribution in [2.75, 3.05) is 33.2 Å². The molecule has 1 N–H and O–H groups in total. The molecule has 0 saturated carbocycles. The number of rotatable bonds is 10. The molecular weight excluding hydrogens is 464 g/mol. The highest BCUT2D eigenvalue weighted by molar-refractivity contribution is 7.10. The number of likely N-dealkylation sites (N-methyl/N-ethyl adjacent to an activating group) is 1. The molecule has 10 heteroatoms. The third kappa shape index (κ3) is 6.56. The van der Waals surface area contributed by atoms with Crippen molar-refractivity contribution in [1.82, 2.24) is 4.90 Å². The summed E-state index contributed by atoms with van der Waals surface area (Å²) in [5, 5.41) is 8.49. The normalized spacial score (nSPS) is 10.4. The van der Waals surface area contributed by atoms with Gasteiger partial charge in [0.25, 0.3) is 5.91 Å². The third-order valence-electron chi connectivity index (χ3n) is 4.68. The molecule has 0 saturated heterocycles. The predicted molar refractivity (Wildman–Crippen MR) is 127 cm³/mol. The van der Waals surface area contributed by atoms with Gasteiger partial charge in [-0.15, -0.1) is 11.3 Å². The van der Waals surface area contributed by atoms with E-state index < -0.39 is 12.6 Å². The fourth-order valence-corrected chi connectivity index (χ4v) is 4.34. The Morgan fingerprint density at radius 3 is 2.45 bits per heavy atom. The van der Waals surface area contributed by atoms with E-state index >= 15 is 0 Å². The van der Waals surface area contributed by atoms with Crippen molar-refractivity contribution in [2.24, 2.45) is 0 Å².